The fourth-order valence-electron chi connectivity index (χ4n) is 2.03. The number of ether oxygens (including phenoxy) is 1. The summed E-state index contributed by atoms with van der Waals surface area (Å²) in [6, 6.07) is 0.0809. The maximum absolute atomic E-state index is 11.1. The van der Waals surface area contributed by atoms with Crippen molar-refractivity contribution in [2.45, 2.75) is 19.4 Å². The van der Waals surface area contributed by atoms with Gasteiger partial charge in [-0.1, -0.05) is 0 Å². The van der Waals surface area contributed by atoms with Crippen LogP contribution < -0.4 is 10.6 Å². The molecule has 8 heteroatoms. The first-order chi connectivity index (χ1) is 8.50. The van der Waals surface area contributed by atoms with Crippen LogP contribution in [0.15, 0.2) is 0 Å². The number of hydrogen-bond donors (Lipinski definition) is 1. The van der Waals surface area contributed by atoms with Crippen molar-refractivity contribution >= 4 is 17.5 Å². The monoisotopic (exact) mass is 253 g/mol. The Morgan fingerprint density at radius 2 is 2.28 bits per heavy atom. The molecule has 0 aliphatic carbocycles. The number of likely N-dealkylation sites (N-methyl/N-ethyl adjacent to an activating group) is 1. The molecule has 0 amide bonds. The van der Waals surface area contributed by atoms with Crippen LogP contribution in [0.3, 0.4) is 0 Å². The second-order valence-electron chi connectivity index (χ2n) is 4.22. The van der Waals surface area contributed by atoms with Crippen LogP contribution in [0.4, 0.5) is 17.5 Å². The van der Waals surface area contributed by atoms with Gasteiger partial charge in [0.2, 0.25) is 11.8 Å². The molecule has 1 aromatic heterocycles. The largest absolute Gasteiger partial charge is 0.379 e. The SMILES string of the molecule is Cc1nc(N)nc(N(C)C2CCOC2)c1[N+](=O)[O-]. The number of nitrogens with zero attached hydrogens (tertiary/aromatic N) is 4. The topological polar surface area (TPSA) is 107 Å². The van der Waals surface area contributed by atoms with Crippen molar-refractivity contribution in [2.24, 2.45) is 0 Å². The fraction of sp³-hybridized carbons (Fsp3) is 0.600. The summed E-state index contributed by atoms with van der Waals surface area (Å²) in [6.07, 6.45) is 0.816. The maximum atomic E-state index is 11.1. The van der Waals surface area contributed by atoms with Crippen LogP contribution in [0.25, 0.3) is 0 Å². The van der Waals surface area contributed by atoms with Crippen LogP contribution in [-0.2, 0) is 4.74 Å². The van der Waals surface area contributed by atoms with Crippen LogP contribution in [0, 0.1) is 17.0 Å². The van der Waals surface area contributed by atoms with Gasteiger partial charge in [0.1, 0.15) is 5.69 Å². The number of nitrogens with two attached hydrogens (primary N) is 1. The molecule has 2 N–H and O–H groups in total. The molecule has 1 saturated heterocycles. The predicted octanol–water partition coefficient (Wildman–Crippen LogP) is 0.501. The molecule has 0 spiro atoms. The van der Waals surface area contributed by atoms with Gasteiger partial charge in [0.25, 0.3) is 0 Å². The van der Waals surface area contributed by atoms with Crippen LogP contribution in [0.1, 0.15) is 12.1 Å². The zero-order valence-corrected chi connectivity index (χ0v) is 10.3. The zero-order chi connectivity index (χ0) is 13.3. The van der Waals surface area contributed by atoms with Gasteiger partial charge in [-0.05, 0) is 13.3 Å². The Morgan fingerprint density at radius 1 is 1.56 bits per heavy atom. The van der Waals surface area contributed by atoms with E-state index in [9.17, 15) is 10.1 Å². The van der Waals surface area contributed by atoms with Gasteiger partial charge in [-0.15, -0.1) is 0 Å². The maximum Gasteiger partial charge on any atom is 0.332 e. The number of aryl methyl sites for hydroxylation is 1. The molecular weight excluding hydrogens is 238 g/mol. The normalized spacial score (nSPS) is 18.9. The second kappa shape index (κ2) is 4.73. The summed E-state index contributed by atoms with van der Waals surface area (Å²) >= 11 is 0. The van der Waals surface area contributed by atoms with E-state index in [1.54, 1.807) is 18.9 Å². The quantitative estimate of drug-likeness (QED) is 0.617. The van der Waals surface area contributed by atoms with Crippen molar-refractivity contribution < 1.29 is 9.66 Å². The summed E-state index contributed by atoms with van der Waals surface area (Å²) in [5, 5.41) is 11.1. The van der Waals surface area contributed by atoms with E-state index in [-0.39, 0.29) is 29.2 Å². The summed E-state index contributed by atoms with van der Waals surface area (Å²) in [5.41, 5.74) is 5.74. The van der Waals surface area contributed by atoms with E-state index in [4.69, 9.17) is 10.5 Å². The van der Waals surface area contributed by atoms with Gasteiger partial charge in [-0.2, -0.15) is 4.98 Å². The number of anilines is 2. The number of rotatable bonds is 3. The van der Waals surface area contributed by atoms with Crippen LogP contribution >= 0.6 is 0 Å². The zero-order valence-electron chi connectivity index (χ0n) is 10.3. The van der Waals surface area contributed by atoms with Crippen LogP contribution in [0.2, 0.25) is 0 Å². The highest BCUT2D eigenvalue weighted by Gasteiger charge is 2.29. The average molecular weight is 253 g/mol. The molecule has 18 heavy (non-hydrogen) atoms. The highest BCUT2D eigenvalue weighted by molar-refractivity contribution is 5.62. The van der Waals surface area contributed by atoms with Crippen LogP contribution in [-0.4, -0.2) is 41.2 Å². The van der Waals surface area contributed by atoms with Crippen molar-refractivity contribution in [3.05, 3.63) is 15.8 Å². The number of nitrogen functional groups attached to an aromatic ring is 1. The smallest absolute Gasteiger partial charge is 0.332 e. The minimum Gasteiger partial charge on any atom is -0.379 e. The standard InChI is InChI=1S/C10H15N5O3/c1-6-8(15(16)17)9(13-10(11)12-6)14(2)7-3-4-18-5-7/h7H,3-5H2,1-2H3,(H2,11,12,13). The molecule has 1 aliphatic heterocycles. The molecular formula is C10H15N5O3. The second-order valence-corrected chi connectivity index (χ2v) is 4.22. The summed E-state index contributed by atoms with van der Waals surface area (Å²) in [6.45, 7) is 2.75. The summed E-state index contributed by atoms with van der Waals surface area (Å²) in [7, 11) is 1.76. The van der Waals surface area contributed by atoms with Crippen molar-refractivity contribution in [1.82, 2.24) is 9.97 Å². The van der Waals surface area contributed by atoms with Gasteiger partial charge in [-0.3, -0.25) is 10.1 Å². The summed E-state index contributed by atoms with van der Waals surface area (Å²) in [4.78, 5) is 20.2. The molecule has 1 aliphatic rings. The van der Waals surface area contributed by atoms with Crippen LogP contribution in [0.5, 0.6) is 0 Å². The van der Waals surface area contributed by atoms with E-state index in [1.807, 2.05) is 0 Å². The first-order valence-electron chi connectivity index (χ1n) is 5.59. The molecule has 2 rings (SSSR count). The van der Waals surface area contributed by atoms with E-state index in [2.05, 4.69) is 9.97 Å². The first kappa shape index (κ1) is 12.5. The van der Waals surface area contributed by atoms with Gasteiger partial charge < -0.3 is 15.4 Å². The van der Waals surface area contributed by atoms with Gasteiger partial charge in [0.15, 0.2) is 0 Å². The Labute approximate surface area is 104 Å². The van der Waals surface area contributed by atoms with E-state index in [0.717, 1.165) is 6.42 Å². The number of aromatic nitrogens is 2. The van der Waals surface area contributed by atoms with Crippen molar-refractivity contribution in [3.8, 4) is 0 Å². The molecule has 0 saturated carbocycles. The highest BCUT2D eigenvalue weighted by atomic mass is 16.6. The fourth-order valence-corrected chi connectivity index (χ4v) is 2.03. The van der Waals surface area contributed by atoms with E-state index >= 15 is 0 Å². The lowest BCUT2D eigenvalue weighted by molar-refractivity contribution is -0.385. The molecule has 1 atom stereocenters. The summed E-state index contributed by atoms with van der Waals surface area (Å²) in [5.74, 6) is 0.291. The number of hydrogen-bond acceptors (Lipinski definition) is 7. The predicted molar refractivity (Wildman–Crippen MR) is 65.5 cm³/mol. The highest BCUT2D eigenvalue weighted by Crippen LogP contribution is 2.30. The van der Waals surface area contributed by atoms with Crippen molar-refractivity contribution in [3.63, 3.8) is 0 Å². The molecule has 1 fully saturated rings. The molecule has 1 unspecified atom stereocenters. The summed E-state index contributed by atoms with van der Waals surface area (Å²) < 4.78 is 5.27. The van der Waals surface area contributed by atoms with Crippen molar-refractivity contribution in [1.29, 1.82) is 0 Å². The Kier molecular flexibility index (Phi) is 3.28. The molecule has 98 valence electrons. The van der Waals surface area contributed by atoms with Gasteiger partial charge in [-0.25, -0.2) is 4.98 Å². The van der Waals surface area contributed by atoms with E-state index in [0.29, 0.717) is 13.2 Å². The Hall–Kier alpha value is -1.96. The Morgan fingerprint density at radius 3 is 2.83 bits per heavy atom. The first-order valence-corrected chi connectivity index (χ1v) is 5.59. The molecule has 0 aromatic carbocycles. The van der Waals surface area contributed by atoms with Crippen molar-refractivity contribution in [2.75, 3.05) is 30.9 Å². The van der Waals surface area contributed by atoms with E-state index < -0.39 is 4.92 Å². The molecule has 0 bridgehead atoms. The molecule has 1 aromatic rings. The lowest BCUT2D eigenvalue weighted by Gasteiger charge is -2.24. The van der Waals surface area contributed by atoms with Gasteiger partial charge in [0.05, 0.1) is 17.6 Å². The average Bonchev–Trinajstić information content (AvgIpc) is 2.79. The van der Waals surface area contributed by atoms with E-state index in [1.165, 1.54) is 0 Å². The Bertz CT molecular complexity index is 473. The third kappa shape index (κ3) is 2.19. The minimum absolute atomic E-state index is 0.0406. The third-order valence-corrected chi connectivity index (χ3v) is 3.03. The molecule has 2 heterocycles. The molecule has 8 nitrogen and oxygen atoms in total. The molecule has 0 radical (unpaired) electrons. The third-order valence-electron chi connectivity index (χ3n) is 3.03. The Balaban J connectivity index is 2.44. The lowest BCUT2D eigenvalue weighted by atomic mass is 10.2. The minimum atomic E-state index is -0.476. The van der Waals surface area contributed by atoms with Gasteiger partial charge in [0, 0.05) is 13.7 Å². The number of nitro groups is 1. The lowest BCUT2D eigenvalue weighted by Crippen LogP contribution is -2.33. The van der Waals surface area contributed by atoms with Gasteiger partial charge >= 0.3 is 5.69 Å².